The standard InChI is InChI=1S/C17H15ClO3/c1-20-17-11-13(3-2-10-19)6-9-16(17)21-12-14-4-7-15(18)8-5-14/h2-11H,12H2,1H3. The molecule has 0 aliphatic carbocycles. The Kier molecular flexibility index (Phi) is 5.41. The fraction of sp³-hybridized carbons (Fsp3) is 0.118. The van der Waals surface area contributed by atoms with E-state index < -0.39 is 0 Å². The molecule has 21 heavy (non-hydrogen) atoms. The van der Waals surface area contributed by atoms with E-state index in [4.69, 9.17) is 21.1 Å². The van der Waals surface area contributed by atoms with Crippen molar-refractivity contribution in [3.63, 3.8) is 0 Å². The molecule has 0 radical (unpaired) electrons. The van der Waals surface area contributed by atoms with Gasteiger partial charge in [0.2, 0.25) is 0 Å². The van der Waals surface area contributed by atoms with Gasteiger partial charge in [-0.25, -0.2) is 0 Å². The molecule has 2 aromatic carbocycles. The molecule has 3 nitrogen and oxygen atoms in total. The fourth-order valence-electron chi connectivity index (χ4n) is 1.80. The number of hydrogen-bond donors (Lipinski definition) is 0. The minimum Gasteiger partial charge on any atom is -0.493 e. The molecule has 0 heterocycles. The van der Waals surface area contributed by atoms with Crippen LogP contribution in [0.1, 0.15) is 11.1 Å². The van der Waals surface area contributed by atoms with Crippen LogP contribution in [-0.4, -0.2) is 13.4 Å². The maximum absolute atomic E-state index is 10.3. The summed E-state index contributed by atoms with van der Waals surface area (Å²) < 4.78 is 11.1. The van der Waals surface area contributed by atoms with Crippen molar-refractivity contribution >= 4 is 24.0 Å². The number of halogens is 1. The minimum atomic E-state index is 0.428. The van der Waals surface area contributed by atoms with Crippen molar-refractivity contribution in [3.05, 3.63) is 64.7 Å². The second-order valence-corrected chi connectivity index (χ2v) is 4.76. The monoisotopic (exact) mass is 302 g/mol. The summed E-state index contributed by atoms with van der Waals surface area (Å²) >= 11 is 5.84. The van der Waals surface area contributed by atoms with Crippen molar-refractivity contribution in [2.24, 2.45) is 0 Å². The Balaban J connectivity index is 2.10. The largest absolute Gasteiger partial charge is 0.493 e. The Bertz CT molecular complexity index is 633. The highest BCUT2D eigenvalue weighted by atomic mass is 35.5. The molecule has 0 aliphatic heterocycles. The Morgan fingerprint density at radius 1 is 1.10 bits per heavy atom. The van der Waals surface area contributed by atoms with Gasteiger partial charge < -0.3 is 9.47 Å². The number of carbonyl (C=O) groups excluding carboxylic acids is 1. The first kappa shape index (κ1) is 15.1. The SMILES string of the molecule is COc1cc(C=CC=O)ccc1OCc1ccc(Cl)cc1. The van der Waals surface area contributed by atoms with Crippen molar-refractivity contribution in [1.82, 2.24) is 0 Å². The molecule has 108 valence electrons. The third kappa shape index (κ3) is 4.36. The van der Waals surface area contributed by atoms with Crippen LogP contribution < -0.4 is 9.47 Å². The van der Waals surface area contributed by atoms with Crippen molar-refractivity contribution in [3.8, 4) is 11.5 Å². The van der Waals surface area contributed by atoms with Crippen LogP contribution in [0.4, 0.5) is 0 Å². The van der Waals surface area contributed by atoms with Gasteiger partial charge in [-0.2, -0.15) is 0 Å². The van der Waals surface area contributed by atoms with Crippen LogP contribution in [0.15, 0.2) is 48.5 Å². The highest BCUT2D eigenvalue weighted by Gasteiger charge is 2.05. The Labute approximate surface area is 128 Å². The molecule has 0 saturated carbocycles. The average molecular weight is 303 g/mol. The van der Waals surface area contributed by atoms with Crippen LogP contribution >= 0.6 is 11.6 Å². The topological polar surface area (TPSA) is 35.5 Å². The van der Waals surface area contributed by atoms with Crippen molar-refractivity contribution < 1.29 is 14.3 Å². The van der Waals surface area contributed by atoms with E-state index in [1.165, 1.54) is 6.08 Å². The number of carbonyl (C=O) groups is 1. The molecule has 0 amide bonds. The summed E-state index contributed by atoms with van der Waals surface area (Å²) in [4.78, 5) is 10.3. The van der Waals surface area contributed by atoms with E-state index in [2.05, 4.69) is 0 Å². The minimum absolute atomic E-state index is 0.428. The van der Waals surface area contributed by atoms with Crippen molar-refractivity contribution in [2.45, 2.75) is 6.61 Å². The number of ether oxygens (including phenoxy) is 2. The first-order chi connectivity index (χ1) is 10.2. The second-order valence-electron chi connectivity index (χ2n) is 4.32. The normalized spacial score (nSPS) is 10.6. The first-order valence-corrected chi connectivity index (χ1v) is 6.78. The van der Waals surface area contributed by atoms with Gasteiger partial charge in [0, 0.05) is 5.02 Å². The molecule has 4 heteroatoms. The summed E-state index contributed by atoms with van der Waals surface area (Å²) in [6, 6.07) is 13.0. The molecule has 0 fully saturated rings. The third-order valence-corrected chi connectivity index (χ3v) is 3.11. The third-order valence-electron chi connectivity index (χ3n) is 2.86. The van der Waals surface area contributed by atoms with E-state index in [0.717, 1.165) is 17.4 Å². The molecular formula is C17H15ClO3. The summed E-state index contributed by atoms with van der Waals surface area (Å²) in [5.74, 6) is 1.27. The summed E-state index contributed by atoms with van der Waals surface area (Å²) in [7, 11) is 1.58. The number of allylic oxidation sites excluding steroid dienone is 1. The average Bonchev–Trinajstić information content (AvgIpc) is 2.52. The number of rotatable bonds is 6. The molecule has 2 aromatic rings. The molecule has 0 aromatic heterocycles. The lowest BCUT2D eigenvalue weighted by atomic mass is 10.2. The highest BCUT2D eigenvalue weighted by Crippen LogP contribution is 2.29. The lowest BCUT2D eigenvalue weighted by molar-refractivity contribution is -0.104. The van der Waals surface area contributed by atoms with Gasteiger partial charge >= 0.3 is 0 Å². The summed E-state index contributed by atoms with van der Waals surface area (Å²) in [5.41, 5.74) is 1.89. The van der Waals surface area contributed by atoms with Gasteiger partial charge in [-0.1, -0.05) is 35.9 Å². The Morgan fingerprint density at radius 2 is 1.86 bits per heavy atom. The van der Waals surface area contributed by atoms with Crippen LogP contribution in [0.3, 0.4) is 0 Å². The smallest absolute Gasteiger partial charge is 0.161 e. The van der Waals surface area contributed by atoms with E-state index >= 15 is 0 Å². The molecule has 0 N–H and O–H groups in total. The highest BCUT2D eigenvalue weighted by molar-refractivity contribution is 6.30. The van der Waals surface area contributed by atoms with Gasteiger partial charge in [-0.05, 0) is 41.5 Å². The molecule has 0 unspecified atom stereocenters. The second kappa shape index (κ2) is 7.50. The maximum Gasteiger partial charge on any atom is 0.161 e. The predicted octanol–water partition coefficient (Wildman–Crippen LogP) is 4.14. The zero-order valence-electron chi connectivity index (χ0n) is 11.6. The molecule has 2 rings (SSSR count). The van der Waals surface area contributed by atoms with Crippen molar-refractivity contribution in [2.75, 3.05) is 7.11 Å². The van der Waals surface area contributed by atoms with Gasteiger partial charge in [-0.15, -0.1) is 0 Å². The number of aldehydes is 1. The molecular weight excluding hydrogens is 288 g/mol. The van der Waals surface area contributed by atoms with Gasteiger partial charge in [0.1, 0.15) is 12.9 Å². The summed E-state index contributed by atoms with van der Waals surface area (Å²) in [6.07, 6.45) is 3.87. The van der Waals surface area contributed by atoms with Crippen LogP contribution in [-0.2, 0) is 11.4 Å². The van der Waals surface area contributed by atoms with E-state index in [9.17, 15) is 4.79 Å². The number of methoxy groups -OCH3 is 1. The van der Waals surface area contributed by atoms with E-state index in [1.807, 2.05) is 42.5 Å². The van der Waals surface area contributed by atoms with Crippen LogP contribution in [0, 0.1) is 0 Å². The first-order valence-electron chi connectivity index (χ1n) is 6.40. The summed E-state index contributed by atoms with van der Waals surface area (Å²) in [6.45, 7) is 0.428. The van der Waals surface area contributed by atoms with E-state index in [-0.39, 0.29) is 0 Å². The Hall–Kier alpha value is -2.26. The molecule has 0 spiro atoms. The quantitative estimate of drug-likeness (QED) is 0.594. The molecule has 0 aliphatic rings. The van der Waals surface area contributed by atoms with Gasteiger partial charge in [-0.3, -0.25) is 4.79 Å². The van der Waals surface area contributed by atoms with Gasteiger partial charge in [0.15, 0.2) is 11.5 Å². The number of benzene rings is 2. The Morgan fingerprint density at radius 3 is 2.52 bits per heavy atom. The lowest BCUT2D eigenvalue weighted by Gasteiger charge is -2.11. The molecule has 0 saturated heterocycles. The molecule has 0 bridgehead atoms. The molecule has 0 atom stereocenters. The van der Waals surface area contributed by atoms with E-state index in [1.54, 1.807) is 13.2 Å². The maximum atomic E-state index is 10.3. The van der Waals surface area contributed by atoms with Crippen LogP contribution in [0.2, 0.25) is 5.02 Å². The summed E-state index contributed by atoms with van der Waals surface area (Å²) in [5, 5.41) is 0.697. The zero-order valence-corrected chi connectivity index (χ0v) is 12.3. The predicted molar refractivity (Wildman–Crippen MR) is 83.9 cm³/mol. The zero-order chi connectivity index (χ0) is 15.1. The number of hydrogen-bond acceptors (Lipinski definition) is 3. The van der Waals surface area contributed by atoms with Crippen LogP contribution in [0.5, 0.6) is 11.5 Å². The van der Waals surface area contributed by atoms with E-state index in [0.29, 0.717) is 23.1 Å². The van der Waals surface area contributed by atoms with Crippen LogP contribution in [0.25, 0.3) is 6.08 Å². The van der Waals surface area contributed by atoms with Gasteiger partial charge in [0.25, 0.3) is 0 Å². The van der Waals surface area contributed by atoms with Crippen molar-refractivity contribution in [1.29, 1.82) is 0 Å². The van der Waals surface area contributed by atoms with Gasteiger partial charge in [0.05, 0.1) is 7.11 Å². The lowest BCUT2D eigenvalue weighted by Crippen LogP contribution is -1.97. The fourth-order valence-corrected chi connectivity index (χ4v) is 1.93.